The minimum Gasteiger partial charge on any atom is -0.448 e. The number of halogens is 1. The Kier molecular flexibility index (Phi) is 4.59. The zero-order valence-electron chi connectivity index (χ0n) is 11.5. The Morgan fingerprint density at radius 1 is 1.38 bits per heavy atom. The van der Waals surface area contributed by atoms with E-state index in [0.717, 1.165) is 0 Å². The summed E-state index contributed by atoms with van der Waals surface area (Å²) in [5, 5.41) is 3.01. The van der Waals surface area contributed by atoms with Gasteiger partial charge in [0.15, 0.2) is 6.10 Å². The first kappa shape index (κ1) is 15.1. The van der Waals surface area contributed by atoms with E-state index in [2.05, 4.69) is 10.3 Å². The summed E-state index contributed by atoms with van der Waals surface area (Å²) in [5.74, 6) is -0.687. The molecule has 1 unspecified atom stereocenters. The average molecular weight is 308 g/mol. The van der Waals surface area contributed by atoms with Crippen molar-refractivity contribution in [2.24, 2.45) is 7.05 Å². The lowest BCUT2D eigenvalue weighted by Crippen LogP contribution is -2.30. The average Bonchev–Trinajstić information content (AvgIpc) is 2.87. The van der Waals surface area contributed by atoms with Gasteiger partial charge < -0.3 is 14.6 Å². The van der Waals surface area contributed by atoms with Crippen LogP contribution in [0.5, 0.6) is 0 Å². The van der Waals surface area contributed by atoms with Crippen molar-refractivity contribution < 1.29 is 14.3 Å². The quantitative estimate of drug-likeness (QED) is 0.879. The van der Waals surface area contributed by atoms with Crippen LogP contribution in [0, 0.1) is 0 Å². The van der Waals surface area contributed by atoms with Crippen molar-refractivity contribution in [1.29, 1.82) is 0 Å². The molecule has 1 amide bonds. The molecule has 0 bridgehead atoms. The highest BCUT2D eigenvalue weighted by molar-refractivity contribution is 6.30. The number of amides is 1. The smallest absolute Gasteiger partial charge is 0.355 e. The summed E-state index contributed by atoms with van der Waals surface area (Å²) >= 11 is 5.70. The number of aryl methyl sites for hydroxylation is 1. The number of esters is 1. The number of hydrogen-bond acceptors (Lipinski definition) is 4. The van der Waals surface area contributed by atoms with Crippen molar-refractivity contribution in [3.8, 4) is 0 Å². The maximum Gasteiger partial charge on any atom is 0.355 e. The normalized spacial score (nSPS) is 11.8. The topological polar surface area (TPSA) is 73.2 Å². The van der Waals surface area contributed by atoms with Crippen molar-refractivity contribution in [2.45, 2.75) is 13.0 Å². The number of aromatic nitrogens is 2. The molecule has 0 aliphatic heterocycles. The number of carbonyl (C=O) groups excluding carboxylic acids is 2. The third-order valence-electron chi connectivity index (χ3n) is 2.78. The summed E-state index contributed by atoms with van der Waals surface area (Å²) in [6.45, 7) is 1.49. The van der Waals surface area contributed by atoms with Gasteiger partial charge in [-0.05, 0) is 31.2 Å². The minimum atomic E-state index is -0.940. The van der Waals surface area contributed by atoms with Crippen LogP contribution in [0.3, 0.4) is 0 Å². The largest absolute Gasteiger partial charge is 0.448 e. The van der Waals surface area contributed by atoms with E-state index in [4.69, 9.17) is 16.3 Å². The predicted octanol–water partition coefficient (Wildman–Crippen LogP) is 2.26. The first-order valence-corrected chi connectivity index (χ1v) is 6.60. The second kappa shape index (κ2) is 6.41. The maximum absolute atomic E-state index is 11.9. The van der Waals surface area contributed by atoms with Gasteiger partial charge in [-0.1, -0.05) is 11.6 Å². The van der Waals surface area contributed by atoms with E-state index in [0.29, 0.717) is 16.5 Å². The first-order chi connectivity index (χ1) is 9.97. The number of carbonyl (C=O) groups is 2. The molecule has 2 aromatic heterocycles. The highest BCUT2D eigenvalue weighted by atomic mass is 35.5. The molecule has 6 nitrogen and oxygen atoms in total. The van der Waals surface area contributed by atoms with Crippen molar-refractivity contribution in [3.05, 3.63) is 47.4 Å². The highest BCUT2D eigenvalue weighted by Gasteiger charge is 2.20. The summed E-state index contributed by atoms with van der Waals surface area (Å²) in [5.41, 5.74) is 0.374. The van der Waals surface area contributed by atoms with Gasteiger partial charge in [-0.2, -0.15) is 0 Å². The van der Waals surface area contributed by atoms with Crippen LogP contribution in [0.1, 0.15) is 17.4 Å². The Labute approximate surface area is 126 Å². The van der Waals surface area contributed by atoms with E-state index in [1.807, 2.05) is 0 Å². The molecule has 0 spiro atoms. The number of anilines is 1. The van der Waals surface area contributed by atoms with Crippen LogP contribution in [0.2, 0.25) is 5.02 Å². The standard InChI is InChI=1S/C14H14ClN3O3/c1-9(21-14(20)11-4-3-7-18(11)2)13(19)17-12-6-5-10(15)8-16-12/h3-9H,1-2H3,(H,16,17,19). The summed E-state index contributed by atoms with van der Waals surface area (Å²) in [6, 6.07) is 6.50. The number of nitrogens with one attached hydrogen (secondary N) is 1. The van der Waals surface area contributed by atoms with Gasteiger partial charge >= 0.3 is 5.97 Å². The van der Waals surface area contributed by atoms with Crippen LogP contribution in [0.25, 0.3) is 0 Å². The van der Waals surface area contributed by atoms with Gasteiger partial charge in [0, 0.05) is 19.4 Å². The second-order valence-corrected chi connectivity index (χ2v) is 4.84. The van der Waals surface area contributed by atoms with Gasteiger partial charge in [0.25, 0.3) is 5.91 Å². The monoisotopic (exact) mass is 307 g/mol. The predicted molar refractivity (Wildman–Crippen MR) is 78.2 cm³/mol. The SMILES string of the molecule is CC(OC(=O)c1cccn1C)C(=O)Nc1ccc(Cl)cn1. The van der Waals surface area contributed by atoms with E-state index in [-0.39, 0.29) is 0 Å². The Hall–Kier alpha value is -2.34. The third-order valence-corrected chi connectivity index (χ3v) is 3.01. The van der Waals surface area contributed by atoms with Crippen molar-refractivity contribution in [3.63, 3.8) is 0 Å². The van der Waals surface area contributed by atoms with Crippen molar-refractivity contribution in [2.75, 3.05) is 5.32 Å². The molecule has 21 heavy (non-hydrogen) atoms. The van der Waals surface area contributed by atoms with Crippen LogP contribution < -0.4 is 5.32 Å². The number of pyridine rings is 1. The molecule has 0 saturated heterocycles. The minimum absolute atomic E-state index is 0.339. The van der Waals surface area contributed by atoms with Crippen molar-refractivity contribution >= 4 is 29.3 Å². The molecular weight excluding hydrogens is 294 g/mol. The molecule has 2 heterocycles. The van der Waals surface area contributed by atoms with Gasteiger partial charge in [0.1, 0.15) is 11.5 Å². The van der Waals surface area contributed by atoms with Gasteiger partial charge in [-0.25, -0.2) is 9.78 Å². The lowest BCUT2D eigenvalue weighted by molar-refractivity contribution is -0.123. The third kappa shape index (κ3) is 3.82. The zero-order chi connectivity index (χ0) is 15.4. The Morgan fingerprint density at radius 2 is 2.14 bits per heavy atom. The van der Waals surface area contributed by atoms with Gasteiger partial charge in [-0.3, -0.25) is 4.79 Å². The fourth-order valence-electron chi connectivity index (χ4n) is 1.63. The molecule has 0 radical (unpaired) electrons. The number of rotatable bonds is 4. The van der Waals surface area contributed by atoms with Crippen LogP contribution in [0.15, 0.2) is 36.7 Å². The Morgan fingerprint density at radius 3 is 2.71 bits per heavy atom. The van der Waals surface area contributed by atoms with E-state index < -0.39 is 18.0 Å². The Bertz CT molecular complexity index is 652. The van der Waals surface area contributed by atoms with E-state index >= 15 is 0 Å². The van der Waals surface area contributed by atoms with E-state index in [1.54, 1.807) is 42.1 Å². The number of hydrogen-bond donors (Lipinski definition) is 1. The molecule has 1 N–H and O–H groups in total. The fraction of sp³-hybridized carbons (Fsp3) is 0.214. The summed E-state index contributed by atoms with van der Waals surface area (Å²) < 4.78 is 6.73. The van der Waals surface area contributed by atoms with Crippen LogP contribution in [-0.2, 0) is 16.6 Å². The summed E-state index contributed by atoms with van der Waals surface area (Å²) in [7, 11) is 1.72. The van der Waals surface area contributed by atoms with Crippen LogP contribution in [-0.4, -0.2) is 27.5 Å². The van der Waals surface area contributed by atoms with E-state index in [1.165, 1.54) is 13.1 Å². The van der Waals surface area contributed by atoms with Crippen molar-refractivity contribution in [1.82, 2.24) is 9.55 Å². The highest BCUT2D eigenvalue weighted by Crippen LogP contribution is 2.11. The van der Waals surface area contributed by atoms with E-state index in [9.17, 15) is 9.59 Å². The number of nitrogens with zero attached hydrogens (tertiary/aromatic N) is 2. The fourth-order valence-corrected chi connectivity index (χ4v) is 1.74. The molecule has 0 aliphatic rings. The number of ether oxygens (including phenoxy) is 1. The molecule has 7 heteroatoms. The van der Waals surface area contributed by atoms with Crippen LogP contribution >= 0.6 is 11.6 Å². The van der Waals surface area contributed by atoms with Gasteiger partial charge in [-0.15, -0.1) is 0 Å². The Balaban J connectivity index is 1.95. The molecule has 0 fully saturated rings. The molecule has 110 valence electrons. The molecular formula is C14H14ClN3O3. The molecule has 0 aromatic carbocycles. The second-order valence-electron chi connectivity index (χ2n) is 4.40. The first-order valence-electron chi connectivity index (χ1n) is 6.22. The molecule has 2 aromatic rings. The molecule has 2 rings (SSSR count). The molecule has 0 saturated carbocycles. The maximum atomic E-state index is 11.9. The molecule has 1 atom stereocenters. The van der Waals surface area contributed by atoms with Gasteiger partial charge in [0.2, 0.25) is 0 Å². The lowest BCUT2D eigenvalue weighted by Gasteiger charge is -2.13. The zero-order valence-corrected chi connectivity index (χ0v) is 12.3. The lowest BCUT2D eigenvalue weighted by atomic mass is 10.3. The summed E-state index contributed by atoms with van der Waals surface area (Å²) in [4.78, 5) is 27.7. The van der Waals surface area contributed by atoms with Gasteiger partial charge in [0.05, 0.1) is 5.02 Å². The molecule has 0 aliphatic carbocycles. The summed E-state index contributed by atoms with van der Waals surface area (Å²) in [6.07, 6.45) is 2.20. The van der Waals surface area contributed by atoms with Crippen LogP contribution in [0.4, 0.5) is 5.82 Å².